The molecule has 1 aromatic rings. The summed E-state index contributed by atoms with van der Waals surface area (Å²) in [5.74, 6) is 2.68. The molecule has 0 aliphatic heterocycles. The molecule has 1 aromatic carbocycles. The van der Waals surface area contributed by atoms with Gasteiger partial charge in [0.15, 0.2) is 0 Å². The Balaban J connectivity index is 2.95. The molecule has 78 valence electrons. The predicted octanol–water partition coefficient (Wildman–Crippen LogP) is 3.26. The first kappa shape index (κ1) is 11.4. The average molecular weight is 209 g/mol. The molecule has 0 nitrogen and oxygen atoms in total. The van der Waals surface area contributed by atoms with E-state index in [-0.39, 0.29) is 5.98 Å². The highest BCUT2D eigenvalue weighted by Gasteiger charge is 2.17. The largest absolute Gasteiger partial charge is 0.502 e. The molecule has 0 radical (unpaired) electrons. The SMILES string of the molecule is C#CCc1ccccc1/C=C/[B-](F)(F)F. The summed E-state index contributed by atoms with van der Waals surface area (Å²) < 4.78 is 36.0. The van der Waals surface area contributed by atoms with Crippen LogP contribution >= 0.6 is 0 Å². The minimum atomic E-state index is -4.89. The first-order chi connectivity index (χ1) is 7.03. The normalized spacial score (nSPS) is 11.6. The maximum Gasteiger partial charge on any atom is 0.502 e. The van der Waals surface area contributed by atoms with Crippen molar-refractivity contribution in [3.8, 4) is 12.3 Å². The first-order valence-electron chi connectivity index (χ1n) is 4.43. The fraction of sp³-hybridized carbons (Fsp3) is 0.0909. The number of halogens is 3. The van der Waals surface area contributed by atoms with E-state index in [1.54, 1.807) is 24.3 Å². The van der Waals surface area contributed by atoms with Crippen LogP contribution in [0.15, 0.2) is 30.2 Å². The van der Waals surface area contributed by atoms with Crippen molar-refractivity contribution >= 4 is 13.1 Å². The van der Waals surface area contributed by atoms with Gasteiger partial charge in [-0.25, -0.2) is 0 Å². The molecular formula is C11H9BF3-. The monoisotopic (exact) mass is 209 g/mol. The zero-order valence-corrected chi connectivity index (χ0v) is 7.96. The molecule has 0 saturated heterocycles. The zero-order chi connectivity index (χ0) is 11.3. The summed E-state index contributed by atoms with van der Waals surface area (Å²) in [7, 11) is 0. The summed E-state index contributed by atoms with van der Waals surface area (Å²) in [6.07, 6.45) is 6.52. The lowest BCUT2D eigenvalue weighted by atomic mass is 9.89. The van der Waals surface area contributed by atoms with Crippen molar-refractivity contribution in [1.82, 2.24) is 0 Å². The van der Waals surface area contributed by atoms with Gasteiger partial charge in [0.25, 0.3) is 0 Å². The average Bonchev–Trinajstić information content (AvgIpc) is 2.16. The molecule has 0 bridgehead atoms. The van der Waals surface area contributed by atoms with E-state index in [0.29, 0.717) is 12.0 Å². The van der Waals surface area contributed by atoms with Crippen LogP contribution in [0.25, 0.3) is 6.08 Å². The fourth-order valence-electron chi connectivity index (χ4n) is 1.18. The Bertz CT molecular complexity index is 399. The summed E-state index contributed by atoms with van der Waals surface area (Å²) in [4.78, 5) is 0. The van der Waals surface area contributed by atoms with Crippen molar-refractivity contribution in [3.05, 3.63) is 41.4 Å². The van der Waals surface area contributed by atoms with Gasteiger partial charge >= 0.3 is 6.98 Å². The van der Waals surface area contributed by atoms with Gasteiger partial charge in [0.2, 0.25) is 0 Å². The van der Waals surface area contributed by atoms with E-state index in [1.807, 2.05) is 0 Å². The number of benzene rings is 1. The molecule has 0 saturated carbocycles. The molecule has 0 spiro atoms. The van der Waals surface area contributed by atoms with E-state index < -0.39 is 6.98 Å². The summed E-state index contributed by atoms with van der Waals surface area (Å²) in [5, 5.41) is 0. The van der Waals surface area contributed by atoms with E-state index in [4.69, 9.17) is 6.42 Å². The Hall–Kier alpha value is -1.63. The van der Waals surface area contributed by atoms with Crippen LogP contribution in [0.5, 0.6) is 0 Å². The Morgan fingerprint density at radius 3 is 2.53 bits per heavy atom. The number of terminal acetylenes is 1. The van der Waals surface area contributed by atoms with E-state index in [1.165, 1.54) is 0 Å². The van der Waals surface area contributed by atoms with Crippen LogP contribution in [-0.2, 0) is 6.42 Å². The smallest absolute Gasteiger partial charge is 0.445 e. The lowest BCUT2D eigenvalue weighted by Gasteiger charge is -2.07. The molecule has 1 rings (SSSR count). The van der Waals surface area contributed by atoms with Crippen LogP contribution in [0.1, 0.15) is 11.1 Å². The molecule has 0 unspecified atom stereocenters. The van der Waals surface area contributed by atoms with Crippen molar-refractivity contribution in [3.63, 3.8) is 0 Å². The van der Waals surface area contributed by atoms with Crippen molar-refractivity contribution in [2.45, 2.75) is 6.42 Å². The predicted molar refractivity (Wildman–Crippen MR) is 57.1 cm³/mol. The van der Waals surface area contributed by atoms with Crippen molar-refractivity contribution in [2.24, 2.45) is 0 Å². The van der Waals surface area contributed by atoms with Gasteiger partial charge in [-0.15, -0.1) is 18.3 Å². The van der Waals surface area contributed by atoms with Gasteiger partial charge < -0.3 is 12.9 Å². The second-order valence-electron chi connectivity index (χ2n) is 3.06. The Kier molecular flexibility index (Phi) is 3.62. The van der Waals surface area contributed by atoms with Crippen LogP contribution in [-0.4, -0.2) is 6.98 Å². The minimum absolute atomic E-state index is 0.273. The summed E-state index contributed by atoms with van der Waals surface area (Å²) in [5.41, 5.74) is 1.26. The van der Waals surface area contributed by atoms with Crippen molar-refractivity contribution in [1.29, 1.82) is 0 Å². The summed E-state index contributed by atoms with van der Waals surface area (Å²) >= 11 is 0. The molecule has 0 atom stereocenters. The second-order valence-corrected chi connectivity index (χ2v) is 3.06. The molecule has 0 fully saturated rings. The van der Waals surface area contributed by atoms with E-state index in [2.05, 4.69) is 5.92 Å². The van der Waals surface area contributed by atoms with Crippen LogP contribution in [0.2, 0.25) is 0 Å². The van der Waals surface area contributed by atoms with Gasteiger partial charge in [0, 0.05) is 6.42 Å². The van der Waals surface area contributed by atoms with E-state index in [0.717, 1.165) is 11.6 Å². The number of rotatable bonds is 3. The molecule has 0 aromatic heterocycles. The third-order valence-corrected chi connectivity index (χ3v) is 1.84. The third kappa shape index (κ3) is 3.95. The minimum Gasteiger partial charge on any atom is -0.445 e. The summed E-state index contributed by atoms with van der Waals surface area (Å²) in [6.45, 7) is -4.89. The Labute approximate surface area is 86.9 Å². The van der Waals surface area contributed by atoms with Gasteiger partial charge in [-0.3, -0.25) is 0 Å². The zero-order valence-electron chi connectivity index (χ0n) is 7.96. The molecule has 0 aliphatic carbocycles. The van der Waals surface area contributed by atoms with Gasteiger partial charge in [-0.1, -0.05) is 30.3 Å². The Morgan fingerprint density at radius 1 is 1.27 bits per heavy atom. The third-order valence-electron chi connectivity index (χ3n) is 1.84. The highest BCUT2D eigenvalue weighted by molar-refractivity contribution is 6.64. The van der Waals surface area contributed by atoms with Crippen LogP contribution in [0.3, 0.4) is 0 Å². The van der Waals surface area contributed by atoms with E-state index >= 15 is 0 Å². The molecular weight excluding hydrogens is 200 g/mol. The molecule has 15 heavy (non-hydrogen) atoms. The first-order valence-corrected chi connectivity index (χ1v) is 4.43. The lowest BCUT2D eigenvalue weighted by molar-refractivity contribution is 0.499. The Morgan fingerprint density at radius 2 is 1.93 bits per heavy atom. The van der Waals surface area contributed by atoms with Gasteiger partial charge in [0.1, 0.15) is 0 Å². The quantitative estimate of drug-likeness (QED) is 0.529. The maximum atomic E-state index is 12.0. The van der Waals surface area contributed by atoms with Crippen LogP contribution in [0.4, 0.5) is 12.9 Å². The highest BCUT2D eigenvalue weighted by Crippen LogP contribution is 2.16. The van der Waals surface area contributed by atoms with Crippen LogP contribution in [0, 0.1) is 12.3 Å². The van der Waals surface area contributed by atoms with E-state index in [9.17, 15) is 12.9 Å². The van der Waals surface area contributed by atoms with Gasteiger partial charge in [0.05, 0.1) is 0 Å². The highest BCUT2D eigenvalue weighted by atomic mass is 19.4. The number of hydrogen-bond donors (Lipinski definition) is 0. The molecule has 0 heterocycles. The topological polar surface area (TPSA) is 0 Å². The number of hydrogen-bond acceptors (Lipinski definition) is 0. The van der Waals surface area contributed by atoms with Gasteiger partial charge in [-0.2, -0.15) is 0 Å². The second kappa shape index (κ2) is 4.74. The lowest BCUT2D eigenvalue weighted by Crippen LogP contribution is -2.09. The van der Waals surface area contributed by atoms with Crippen molar-refractivity contribution < 1.29 is 12.9 Å². The molecule has 0 aliphatic rings. The molecule has 4 heteroatoms. The fourth-order valence-corrected chi connectivity index (χ4v) is 1.18. The molecule has 0 amide bonds. The summed E-state index contributed by atoms with van der Waals surface area (Å²) in [6, 6.07) is 6.78. The maximum absolute atomic E-state index is 12.0. The van der Waals surface area contributed by atoms with Crippen molar-refractivity contribution in [2.75, 3.05) is 0 Å². The van der Waals surface area contributed by atoms with Crippen LogP contribution < -0.4 is 0 Å². The molecule has 0 N–H and O–H groups in total. The standard InChI is InChI=1S/C11H9BF3/c1-2-5-10-6-3-4-7-11(10)8-9-12(13,14)15/h1,3-4,6-9H,5H2/q-1/b9-8+. The van der Waals surface area contributed by atoms with Gasteiger partial charge in [-0.05, 0) is 11.1 Å².